The minimum Gasteiger partial charge on any atom is -0.397 e. The van der Waals surface area contributed by atoms with Crippen molar-refractivity contribution in [3.63, 3.8) is 0 Å². The molecule has 18 heavy (non-hydrogen) atoms. The number of hydrogen-bond donors (Lipinski definition) is 1. The zero-order valence-electron chi connectivity index (χ0n) is 10.9. The molecule has 1 aliphatic rings. The Bertz CT molecular complexity index is 434. The van der Waals surface area contributed by atoms with Gasteiger partial charge in [0.15, 0.2) is 0 Å². The normalized spacial score (nSPS) is 23.0. The van der Waals surface area contributed by atoms with Gasteiger partial charge in [-0.15, -0.1) is 0 Å². The summed E-state index contributed by atoms with van der Waals surface area (Å²) in [7, 11) is 0. The summed E-state index contributed by atoms with van der Waals surface area (Å²) in [6.45, 7) is 4.55. The average molecular weight is 248 g/mol. The second kappa shape index (κ2) is 5.40. The van der Waals surface area contributed by atoms with E-state index in [1.807, 2.05) is 38.1 Å². The number of nitrogens with zero attached hydrogens (tertiary/aromatic N) is 1. The molecule has 1 saturated heterocycles. The number of rotatable bonds is 3. The van der Waals surface area contributed by atoms with Gasteiger partial charge in [0.25, 0.3) is 5.91 Å². The summed E-state index contributed by atoms with van der Waals surface area (Å²) in [4.78, 5) is 14.1. The highest BCUT2D eigenvalue weighted by Crippen LogP contribution is 2.27. The smallest absolute Gasteiger partial charge is 0.256 e. The van der Waals surface area contributed by atoms with Crippen molar-refractivity contribution < 1.29 is 9.53 Å². The minimum absolute atomic E-state index is 0.0137. The van der Waals surface area contributed by atoms with Crippen LogP contribution in [0.5, 0.6) is 0 Å². The highest BCUT2D eigenvalue weighted by atomic mass is 16.5. The maximum absolute atomic E-state index is 12.4. The van der Waals surface area contributed by atoms with Crippen molar-refractivity contribution in [2.45, 2.75) is 38.9 Å². The molecular formula is C14H20N2O2. The van der Waals surface area contributed by atoms with Crippen LogP contribution in [0.1, 0.15) is 26.7 Å². The SMILES string of the molecule is CCN(C(=O)C1CCC(C)O1)c1ccccc1N. The van der Waals surface area contributed by atoms with Gasteiger partial charge >= 0.3 is 0 Å². The number of nitrogen functional groups attached to an aromatic ring is 1. The molecule has 2 rings (SSSR count). The first kappa shape index (κ1) is 12.9. The van der Waals surface area contributed by atoms with Gasteiger partial charge in [-0.05, 0) is 38.8 Å². The fourth-order valence-corrected chi connectivity index (χ4v) is 2.34. The molecule has 0 aromatic heterocycles. The molecule has 2 N–H and O–H groups in total. The van der Waals surface area contributed by atoms with Gasteiger partial charge in [-0.1, -0.05) is 12.1 Å². The predicted molar refractivity (Wildman–Crippen MR) is 72.5 cm³/mol. The lowest BCUT2D eigenvalue weighted by atomic mass is 10.1. The number of ether oxygens (including phenoxy) is 1. The zero-order valence-corrected chi connectivity index (χ0v) is 10.9. The Morgan fingerprint density at radius 1 is 1.44 bits per heavy atom. The van der Waals surface area contributed by atoms with Crippen LogP contribution >= 0.6 is 0 Å². The predicted octanol–water partition coefficient (Wildman–Crippen LogP) is 2.19. The fourth-order valence-electron chi connectivity index (χ4n) is 2.34. The summed E-state index contributed by atoms with van der Waals surface area (Å²) in [6.07, 6.45) is 1.59. The third kappa shape index (κ3) is 2.48. The first-order valence-electron chi connectivity index (χ1n) is 6.44. The minimum atomic E-state index is -0.320. The molecule has 2 atom stereocenters. The molecule has 1 aliphatic heterocycles. The lowest BCUT2D eigenvalue weighted by Gasteiger charge is -2.25. The lowest BCUT2D eigenvalue weighted by Crippen LogP contribution is -2.39. The van der Waals surface area contributed by atoms with Gasteiger partial charge in [0.1, 0.15) is 6.10 Å². The van der Waals surface area contributed by atoms with Crippen molar-refractivity contribution in [3.8, 4) is 0 Å². The number of nitrogens with two attached hydrogens (primary N) is 1. The summed E-state index contributed by atoms with van der Waals surface area (Å²) in [5.41, 5.74) is 7.32. The third-order valence-electron chi connectivity index (χ3n) is 3.32. The van der Waals surface area contributed by atoms with Crippen molar-refractivity contribution >= 4 is 17.3 Å². The number of hydrogen-bond acceptors (Lipinski definition) is 3. The molecule has 1 amide bonds. The van der Waals surface area contributed by atoms with E-state index in [0.29, 0.717) is 12.2 Å². The van der Waals surface area contributed by atoms with Crippen molar-refractivity contribution in [3.05, 3.63) is 24.3 Å². The van der Waals surface area contributed by atoms with Crippen LogP contribution in [0.3, 0.4) is 0 Å². The lowest BCUT2D eigenvalue weighted by molar-refractivity contribution is -0.128. The Hall–Kier alpha value is -1.55. The molecule has 2 unspecified atom stereocenters. The maximum Gasteiger partial charge on any atom is 0.256 e. The van der Waals surface area contributed by atoms with E-state index >= 15 is 0 Å². The van der Waals surface area contributed by atoms with Crippen LogP contribution in [-0.4, -0.2) is 24.7 Å². The standard InChI is InChI=1S/C14H20N2O2/c1-3-16(12-7-5-4-6-11(12)15)14(17)13-9-8-10(2)18-13/h4-7,10,13H,3,8-9,15H2,1-2H3. The van der Waals surface area contributed by atoms with Crippen molar-refractivity contribution in [1.29, 1.82) is 0 Å². The van der Waals surface area contributed by atoms with Gasteiger partial charge in [-0.25, -0.2) is 0 Å². The number of likely N-dealkylation sites (N-methyl/N-ethyl adjacent to an activating group) is 1. The number of carbonyl (C=O) groups excluding carboxylic acids is 1. The molecule has 98 valence electrons. The molecule has 1 aromatic rings. The Balaban J connectivity index is 2.19. The first-order chi connectivity index (χ1) is 8.63. The molecule has 0 spiro atoms. The highest BCUT2D eigenvalue weighted by molar-refractivity contribution is 5.99. The molecule has 0 bridgehead atoms. The Labute approximate surface area is 108 Å². The molecule has 1 heterocycles. The number of carbonyl (C=O) groups is 1. The van der Waals surface area contributed by atoms with Crippen LogP contribution in [0.25, 0.3) is 0 Å². The van der Waals surface area contributed by atoms with Gasteiger partial charge in [0.2, 0.25) is 0 Å². The average Bonchev–Trinajstić information content (AvgIpc) is 2.79. The van der Waals surface area contributed by atoms with E-state index < -0.39 is 0 Å². The van der Waals surface area contributed by atoms with Crippen LogP contribution in [0.4, 0.5) is 11.4 Å². The Kier molecular flexibility index (Phi) is 3.87. The van der Waals surface area contributed by atoms with E-state index in [-0.39, 0.29) is 18.1 Å². The van der Waals surface area contributed by atoms with E-state index in [1.54, 1.807) is 4.90 Å². The van der Waals surface area contributed by atoms with Crippen molar-refractivity contribution in [2.75, 3.05) is 17.2 Å². The second-order valence-corrected chi connectivity index (χ2v) is 4.65. The highest BCUT2D eigenvalue weighted by Gasteiger charge is 2.32. The molecule has 0 aliphatic carbocycles. The van der Waals surface area contributed by atoms with E-state index in [0.717, 1.165) is 18.5 Å². The summed E-state index contributed by atoms with van der Waals surface area (Å²) >= 11 is 0. The molecule has 0 saturated carbocycles. The topological polar surface area (TPSA) is 55.6 Å². The van der Waals surface area contributed by atoms with Crippen LogP contribution in [0.15, 0.2) is 24.3 Å². The zero-order chi connectivity index (χ0) is 13.1. The van der Waals surface area contributed by atoms with E-state index in [9.17, 15) is 4.79 Å². The quantitative estimate of drug-likeness (QED) is 0.834. The van der Waals surface area contributed by atoms with Crippen LogP contribution in [-0.2, 0) is 9.53 Å². The number of amides is 1. The Morgan fingerprint density at radius 2 is 2.17 bits per heavy atom. The van der Waals surface area contributed by atoms with Crippen molar-refractivity contribution in [2.24, 2.45) is 0 Å². The Morgan fingerprint density at radius 3 is 2.72 bits per heavy atom. The fraction of sp³-hybridized carbons (Fsp3) is 0.500. The third-order valence-corrected chi connectivity index (χ3v) is 3.32. The molecule has 4 nitrogen and oxygen atoms in total. The number of benzene rings is 1. The van der Waals surface area contributed by atoms with Gasteiger partial charge in [-0.2, -0.15) is 0 Å². The number of anilines is 2. The molecule has 4 heteroatoms. The second-order valence-electron chi connectivity index (χ2n) is 4.65. The monoisotopic (exact) mass is 248 g/mol. The first-order valence-corrected chi connectivity index (χ1v) is 6.44. The van der Waals surface area contributed by atoms with Gasteiger partial charge in [-0.3, -0.25) is 4.79 Å². The van der Waals surface area contributed by atoms with Crippen molar-refractivity contribution in [1.82, 2.24) is 0 Å². The van der Waals surface area contributed by atoms with Gasteiger partial charge in [0, 0.05) is 6.54 Å². The maximum atomic E-state index is 12.4. The van der Waals surface area contributed by atoms with Crippen LogP contribution < -0.4 is 10.6 Å². The number of para-hydroxylation sites is 2. The molecule has 1 aromatic carbocycles. The molecular weight excluding hydrogens is 228 g/mol. The summed E-state index contributed by atoms with van der Waals surface area (Å²) in [5.74, 6) is 0.0137. The van der Waals surface area contributed by atoms with Gasteiger partial charge in [0.05, 0.1) is 17.5 Å². The van der Waals surface area contributed by atoms with E-state index in [1.165, 1.54) is 0 Å². The van der Waals surface area contributed by atoms with E-state index in [2.05, 4.69) is 0 Å². The largest absolute Gasteiger partial charge is 0.397 e. The van der Waals surface area contributed by atoms with Crippen LogP contribution in [0, 0.1) is 0 Å². The van der Waals surface area contributed by atoms with E-state index in [4.69, 9.17) is 10.5 Å². The summed E-state index contributed by atoms with van der Waals surface area (Å²) in [5, 5.41) is 0. The summed E-state index contributed by atoms with van der Waals surface area (Å²) < 4.78 is 5.64. The summed E-state index contributed by atoms with van der Waals surface area (Å²) in [6, 6.07) is 7.43. The van der Waals surface area contributed by atoms with Gasteiger partial charge < -0.3 is 15.4 Å². The molecule has 1 fully saturated rings. The van der Waals surface area contributed by atoms with Crippen LogP contribution in [0.2, 0.25) is 0 Å². The molecule has 0 radical (unpaired) electrons.